The predicted octanol–water partition coefficient (Wildman–Crippen LogP) is 2.03. The topological polar surface area (TPSA) is 38.3 Å². The first kappa shape index (κ1) is 12.0. The Kier molecular flexibility index (Phi) is 2.86. The minimum absolute atomic E-state index is 0.0230. The van der Waals surface area contributed by atoms with E-state index in [0.717, 1.165) is 12.2 Å². The van der Waals surface area contributed by atoms with Crippen LogP contribution >= 0.6 is 0 Å². The lowest BCUT2D eigenvalue weighted by atomic mass is 9.83. The van der Waals surface area contributed by atoms with E-state index in [1.807, 2.05) is 12.1 Å². The lowest BCUT2D eigenvalue weighted by molar-refractivity contribution is -0.120. The first-order valence-electron chi connectivity index (χ1n) is 5.90. The van der Waals surface area contributed by atoms with Crippen molar-refractivity contribution in [3.63, 3.8) is 0 Å². The fourth-order valence-corrected chi connectivity index (χ4v) is 2.69. The first-order valence-corrected chi connectivity index (χ1v) is 5.90. The van der Waals surface area contributed by atoms with Crippen molar-refractivity contribution in [1.29, 1.82) is 0 Å². The Morgan fingerprint density at radius 1 is 1.47 bits per heavy atom. The lowest BCUT2D eigenvalue weighted by Gasteiger charge is -2.28. The molecule has 0 aliphatic heterocycles. The molecular weight excluding hydrogens is 214 g/mol. The molecule has 92 valence electrons. The molecular formula is C14H19NO2. The van der Waals surface area contributed by atoms with Crippen molar-refractivity contribution in [2.75, 3.05) is 7.11 Å². The highest BCUT2D eigenvalue weighted by atomic mass is 16.5. The number of hydrogen-bond acceptors (Lipinski definition) is 2. The third-order valence-corrected chi connectivity index (χ3v) is 3.70. The van der Waals surface area contributed by atoms with Crippen LogP contribution in [0, 0.1) is 0 Å². The average molecular weight is 233 g/mol. The fraction of sp³-hybridized carbons (Fsp3) is 0.500. The molecule has 0 saturated carbocycles. The number of carbonyl (C=O) groups excluding carboxylic acids is 1. The molecule has 3 heteroatoms. The zero-order chi connectivity index (χ0) is 12.6. The van der Waals surface area contributed by atoms with E-state index >= 15 is 0 Å². The molecule has 17 heavy (non-hydrogen) atoms. The lowest BCUT2D eigenvalue weighted by Crippen LogP contribution is -2.44. The molecule has 1 aromatic rings. The number of ether oxygens (including phenoxy) is 1. The van der Waals surface area contributed by atoms with Crippen LogP contribution in [0.4, 0.5) is 0 Å². The van der Waals surface area contributed by atoms with Crippen molar-refractivity contribution < 1.29 is 9.53 Å². The molecule has 0 heterocycles. The molecule has 1 atom stereocenters. The van der Waals surface area contributed by atoms with Gasteiger partial charge in [-0.25, -0.2) is 0 Å². The van der Waals surface area contributed by atoms with Crippen LogP contribution in [-0.4, -0.2) is 19.1 Å². The Morgan fingerprint density at radius 2 is 2.18 bits per heavy atom. The van der Waals surface area contributed by atoms with E-state index in [-0.39, 0.29) is 17.4 Å². The molecule has 1 amide bonds. The van der Waals surface area contributed by atoms with Crippen molar-refractivity contribution in [1.82, 2.24) is 5.32 Å². The Balaban J connectivity index is 2.42. The second kappa shape index (κ2) is 4.06. The largest absolute Gasteiger partial charge is 0.496 e. The maximum absolute atomic E-state index is 11.3. The van der Waals surface area contributed by atoms with Gasteiger partial charge in [0.25, 0.3) is 0 Å². The first-order chi connectivity index (χ1) is 7.96. The zero-order valence-corrected chi connectivity index (χ0v) is 10.8. The molecule has 1 aliphatic carbocycles. The Bertz CT molecular complexity index is 452. The predicted molar refractivity (Wildman–Crippen MR) is 67.3 cm³/mol. The van der Waals surface area contributed by atoms with Gasteiger partial charge in [-0.3, -0.25) is 4.79 Å². The molecule has 1 aromatic carbocycles. The molecule has 0 fully saturated rings. The Hall–Kier alpha value is -1.51. The van der Waals surface area contributed by atoms with Gasteiger partial charge in [-0.15, -0.1) is 0 Å². The second-order valence-corrected chi connectivity index (χ2v) is 5.17. The zero-order valence-electron chi connectivity index (χ0n) is 10.8. The number of hydrogen-bond donors (Lipinski definition) is 1. The average Bonchev–Trinajstić information content (AvgIpc) is 2.50. The van der Waals surface area contributed by atoms with Crippen LogP contribution < -0.4 is 10.1 Å². The minimum Gasteiger partial charge on any atom is -0.496 e. The van der Waals surface area contributed by atoms with Gasteiger partial charge < -0.3 is 10.1 Å². The van der Waals surface area contributed by atoms with E-state index in [9.17, 15) is 4.79 Å². The number of fused-ring (bicyclic) bond motifs is 1. The van der Waals surface area contributed by atoms with Crippen LogP contribution in [0.5, 0.6) is 5.75 Å². The number of rotatable bonds is 2. The minimum atomic E-state index is -0.0461. The molecule has 0 saturated heterocycles. The highest BCUT2D eigenvalue weighted by molar-refractivity contribution is 5.74. The molecule has 0 spiro atoms. The summed E-state index contributed by atoms with van der Waals surface area (Å²) in [5.41, 5.74) is 2.45. The van der Waals surface area contributed by atoms with Crippen LogP contribution in [0.2, 0.25) is 0 Å². The number of carbonyl (C=O) groups is 1. The van der Waals surface area contributed by atoms with Crippen molar-refractivity contribution in [3.8, 4) is 5.75 Å². The van der Waals surface area contributed by atoms with E-state index < -0.39 is 0 Å². The number of nitrogens with one attached hydrogen (secondary N) is 1. The monoisotopic (exact) mass is 233 g/mol. The standard InChI is InChI=1S/C14H19NO2/c1-9(16)15-13-8-10-11(14(13,2)3)6-5-7-12(10)17-4/h5-7,13H,8H2,1-4H3,(H,15,16). The van der Waals surface area contributed by atoms with E-state index in [1.165, 1.54) is 11.1 Å². The van der Waals surface area contributed by atoms with E-state index in [4.69, 9.17) is 4.74 Å². The van der Waals surface area contributed by atoms with Crippen molar-refractivity contribution in [2.24, 2.45) is 0 Å². The summed E-state index contributed by atoms with van der Waals surface area (Å²) in [5.74, 6) is 0.943. The molecule has 3 nitrogen and oxygen atoms in total. The van der Waals surface area contributed by atoms with Crippen molar-refractivity contribution >= 4 is 5.91 Å². The normalized spacial score (nSPS) is 20.8. The third kappa shape index (κ3) is 1.90. The second-order valence-electron chi connectivity index (χ2n) is 5.17. The van der Waals surface area contributed by atoms with Crippen LogP contribution in [0.1, 0.15) is 31.9 Å². The summed E-state index contributed by atoms with van der Waals surface area (Å²) in [6, 6.07) is 6.26. The maximum Gasteiger partial charge on any atom is 0.217 e. The van der Waals surface area contributed by atoms with E-state index in [1.54, 1.807) is 14.0 Å². The number of amides is 1. The summed E-state index contributed by atoms with van der Waals surface area (Å²) in [5, 5.41) is 3.04. The number of benzene rings is 1. The Labute approximate surface area is 102 Å². The summed E-state index contributed by atoms with van der Waals surface area (Å²) >= 11 is 0. The third-order valence-electron chi connectivity index (χ3n) is 3.70. The molecule has 1 aliphatic rings. The molecule has 1 N–H and O–H groups in total. The van der Waals surface area contributed by atoms with Crippen molar-refractivity contribution in [3.05, 3.63) is 29.3 Å². The van der Waals surface area contributed by atoms with Crippen LogP contribution in [0.15, 0.2) is 18.2 Å². The summed E-state index contributed by atoms with van der Waals surface area (Å²) in [7, 11) is 1.69. The summed E-state index contributed by atoms with van der Waals surface area (Å²) in [4.78, 5) is 11.3. The van der Waals surface area contributed by atoms with Gasteiger partial charge in [-0.2, -0.15) is 0 Å². The highest BCUT2D eigenvalue weighted by Crippen LogP contribution is 2.42. The van der Waals surface area contributed by atoms with E-state index in [2.05, 4.69) is 25.2 Å². The molecule has 0 aromatic heterocycles. The smallest absolute Gasteiger partial charge is 0.217 e. The van der Waals surface area contributed by atoms with Gasteiger partial charge in [0.05, 0.1) is 7.11 Å². The van der Waals surface area contributed by atoms with Gasteiger partial charge in [0.2, 0.25) is 5.91 Å². The molecule has 0 radical (unpaired) electrons. The van der Waals surface area contributed by atoms with Crippen LogP contribution in [0.3, 0.4) is 0 Å². The van der Waals surface area contributed by atoms with Crippen LogP contribution in [-0.2, 0) is 16.6 Å². The fourth-order valence-electron chi connectivity index (χ4n) is 2.69. The van der Waals surface area contributed by atoms with Gasteiger partial charge in [-0.1, -0.05) is 26.0 Å². The molecule has 2 rings (SSSR count). The highest BCUT2D eigenvalue weighted by Gasteiger charge is 2.41. The quantitative estimate of drug-likeness (QED) is 0.849. The molecule has 0 bridgehead atoms. The van der Waals surface area contributed by atoms with Crippen molar-refractivity contribution in [2.45, 2.75) is 38.6 Å². The van der Waals surface area contributed by atoms with Gasteiger partial charge in [-0.05, 0) is 23.6 Å². The van der Waals surface area contributed by atoms with Gasteiger partial charge in [0.15, 0.2) is 0 Å². The summed E-state index contributed by atoms with van der Waals surface area (Å²) in [6.45, 7) is 5.90. The Morgan fingerprint density at radius 3 is 2.76 bits per heavy atom. The van der Waals surface area contributed by atoms with Gasteiger partial charge in [0.1, 0.15) is 5.75 Å². The van der Waals surface area contributed by atoms with Gasteiger partial charge in [0, 0.05) is 18.4 Å². The number of methoxy groups -OCH3 is 1. The van der Waals surface area contributed by atoms with Crippen LogP contribution in [0.25, 0.3) is 0 Å². The van der Waals surface area contributed by atoms with E-state index in [0.29, 0.717) is 0 Å². The van der Waals surface area contributed by atoms with Gasteiger partial charge >= 0.3 is 0 Å². The summed E-state index contributed by atoms with van der Waals surface area (Å²) < 4.78 is 5.39. The summed E-state index contributed by atoms with van der Waals surface area (Å²) in [6.07, 6.45) is 0.839. The SMILES string of the molecule is COc1cccc2c1CC(NC(C)=O)C2(C)C. The maximum atomic E-state index is 11.3. The molecule has 1 unspecified atom stereocenters.